The van der Waals surface area contributed by atoms with Gasteiger partial charge in [-0.05, 0) is 17.9 Å². The molecule has 0 amide bonds. The van der Waals surface area contributed by atoms with Gasteiger partial charge in [0.25, 0.3) is 0 Å². The zero-order valence-corrected chi connectivity index (χ0v) is 8.77. The molecule has 0 radical (unpaired) electrons. The highest BCUT2D eigenvalue weighted by Gasteiger charge is 2.07. The number of aromatic nitrogens is 2. The molecule has 0 unspecified atom stereocenters. The molecule has 0 atom stereocenters. The number of rotatable bonds is 3. The molecule has 14 heavy (non-hydrogen) atoms. The van der Waals surface area contributed by atoms with E-state index in [2.05, 4.69) is 27.6 Å². The average Bonchev–Trinajstić information content (AvgIpc) is 2.58. The van der Waals surface area contributed by atoms with E-state index in [1.807, 2.05) is 0 Å². The van der Waals surface area contributed by atoms with Crippen molar-refractivity contribution in [3.05, 3.63) is 17.3 Å². The molecular formula is C9H12N4S. The Morgan fingerprint density at radius 1 is 1.50 bits per heavy atom. The van der Waals surface area contributed by atoms with Crippen LogP contribution in [0.25, 0.3) is 10.2 Å². The molecule has 2 heterocycles. The van der Waals surface area contributed by atoms with E-state index < -0.39 is 0 Å². The van der Waals surface area contributed by atoms with Gasteiger partial charge in [0.2, 0.25) is 0 Å². The summed E-state index contributed by atoms with van der Waals surface area (Å²) in [6, 6.07) is 0. The number of hydrogen-bond donors (Lipinski definition) is 2. The summed E-state index contributed by atoms with van der Waals surface area (Å²) < 4.78 is 0. The van der Waals surface area contributed by atoms with Gasteiger partial charge < -0.3 is 11.1 Å². The SMILES string of the molecule is Cc1csc2ncnc(NCCN)c12. The second-order valence-electron chi connectivity index (χ2n) is 3.04. The van der Waals surface area contributed by atoms with Gasteiger partial charge in [-0.3, -0.25) is 0 Å². The maximum absolute atomic E-state index is 5.43. The second-order valence-corrected chi connectivity index (χ2v) is 3.89. The van der Waals surface area contributed by atoms with Gasteiger partial charge in [0.05, 0.1) is 5.39 Å². The lowest BCUT2D eigenvalue weighted by atomic mass is 10.2. The smallest absolute Gasteiger partial charge is 0.138 e. The fourth-order valence-corrected chi connectivity index (χ4v) is 2.23. The number of anilines is 1. The van der Waals surface area contributed by atoms with E-state index in [0.29, 0.717) is 6.54 Å². The van der Waals surface area contributed by atoms with Gasteiger partial charge in [-0.2, -0.15) is 0 Å². The lowest BCUT2D eigenvalue weighted by Crippen LogP contribution is -2.14. The summed E-state index contributed by atoms with van der Waals surface area (Å²) in [5.74, 6) is 0.888. The number of fused-ring (bicyclic) bond motifs is 1. The van der Waals surface area contributed by atoms with Crippen LogP contribution in [-0.2, 0) is 0 Å². The molecule has 0 spiro atoms. The van der Waals surface area contributed by atoms with E-state index in [-0.39, 0.29) is 0 Å². The zero-order valence-electron chi connectivity index (χ0n) is 7.95. The van der Waals surface area contributed by atoms with E-state index >= 15 is 0 Å². The summed E-state index contributed by atoms with van der Waals surface area (Å²) in [7, 11) is 0. The van der Waals surface area contributed by atoms with Crippen LogP contribution < -0.4 is 11.1 Å². The van der Waals surface area contributed by atoms with Crippen LogP contribution in [0.3, 0.4) is 0 Å². The zero-order chi connectivity index (χ0) is 9.97. The molecule has 2 aromatic rings. The first-order valence-electron chi connectivity index (χ1n) is 4.45. The number of hydrogen-bond acceptors (Lipinski definition) is 5. The molecular weight excluding hydrogens is 196 g/mol. The van der Waals surface area contributed by atoms with E-state index in [1.165, 1.54) is 5.56 Å². The van der Waals surface area contributed by atoms with Crippen LogP contribution in [0, 0.1) is 6.92 Å². The average molecular weight is 208 g/mol. The molecule has 0 saturated heterocycles. The number of nitrogens with two attached hydrogens (primary N) is 1. The van der Waals surface area contributed by atoms with Crippen LogP contribution in [0.4, 0.5) is 5.82 Å². The van der Waals surface area contributed by atoms with E-state index in [4.69, 9.17) is 5.73 Å². The number of nitrogens with one attached hydrogen (secondary N) is 1. The molecule has 0 aromatic carbocycles. The van der Waals surface area contributed by atoms with Crippen molar-refractivity contribution in [2.45, 2.75) is 6.92 Å². The summed E-state index contributed by atoms with van der Waals surface area (Å²) in [6.07, 6.45) is 1.58. The van der Waals surface area contributed by atoms with Crippen molar-refractivity contribution in [2.75, 3.05) is 18.4 Å². The molecule has 0 aliphatic carbocycles. The number of thiophene rings is 1. The molecule has 0 bridgehead atoms. The molecule has 4 nitrogen and oxygen atoms in total. The fourth-order valence-electron chi connectivity index (χ4n) is 1.34. The third-order valence-corrected chi connectivity index (χ3v) is 3.00. The van der Waals surface area contributed by atoms with Crippen molar-refractivity contribution in [3.8, 4) is 0 Å². The van der Waals surface area contributed by atoms with Gasteiger partial charge in [-0.1, -0.05) is 0 Å². The molecule has 0 fully saturated rings. The van der Waals surface area contributed by atoms with Crippen molar-refractivity contribution in [1.29, 1.82) is 0 Å². The molecule has 0 aliphatic rings. The largest absolute Gasteiger partial charge is 0.368 e. The van der Waals surface area contributed by atoms with Crippen LogP contribution in [0.1, 0.15) is 5.56 Å². The quantitative estimate of drug-likeness (QED) is 0.799. The van der Waals surface area contributed by atoms with Crippen LogP contribution in [0.2, 0.25) is 0 Å². The minimum Gasteiger partial charge on any atom is -0.368 e. The minimum atomic E-state index is 0.606. The standard InChI is InChI=1S/C9H12N4S/c1-6-4-14-9-7(6)8(11-3-2-10)12-5-13-9/h4-5H,2-3,10H2,1H3,(H,11,12,13). The van der Waals surface area contributed by atoms with Crippen LogP contribution >= 0.6 is 11.3 Å². The van der Waals surface area contributed by atoms with Crippen LogP contribution in [-0.4, -0.2) is 23.1 Å². The van der Waals surface area contributed by atoms with Gasteiger partial charge in [-0.15, -0.1) is 11.3 Å². The molecule has 0 aliphatic heterocycles. The second kappa shape index (κ2) is 3.89. The molecule has 5 heteroatoms. The first kappa shape index (κ1) is 9.36. The van der Waals surface area contributed by atoms with Crippen LogP contribution in [0.15, 0.2) is 11.7 Å². The maximum Gasteiger partial charge on any atom is 0.138 e. The summed E-state index contributed by atoms with van der Waals surface area (Å²) in [4.78, 5) is 9.44. The third kappa shape index (κ3) is 1.56. The summed E-state index contributed by atoms with van der Waals surface area (Å²) >= 11 is 1.64. The minimum absolute atomic E-state index is 0.606. The van der Waals surface area contributed by atoms with Crippen molar-refractivity contribution in [2.24, 2.45) is 5.73 Å². The van der Waals surface area contributed by atoms with Crippen molar-refractivity contribution in [3.63, 3.8) is 0 Å². The predicted octanol–water partition coefficient (Wildman–Crippen LogP) is 1.37. The Hall–Kier alpha value is -1.20. The summed E-state index contributed by atoms with van der Waals surface area (Å²) in [6.45, 7) is 3.41. The van der Waals surface area contributed by atoms with E-state index in [9.17, 15) is 0 Å². The topological polar surface area (TPSA) is 63.8 Å². The van der Waals surface area contributed by atoms with Gasteiger partial charge in [0, 0.05) is 13.1 Å². The highest BCUT2D eigenvalue weighted by Crippen LogP contribution is 2.27. The van der Waals surface area contributed by atoms with Crippen LogP contribution in [0.5, 0.6) is 0 Å². The highest BCUT2D eigenvalue weighted by atomic mass is 32.1. The van der Waals surface area contributed by atoms with E-state index in [1.54, 1.807) is 17.7 Å². The molecule has 74 valence electrons. The predicted molar refractivity (Wildman–Crippen MR) is 59.7 cm³/mol. The highest BCUT2D eigenvalue weighted by molar-refractivity contribution is 7.17. The first-order chi connectivity index (χ1) is 6.83. The Morgan fingerprint density at radius 3 is 3.14 bits per heavy atom. The molecule has 2 aromatic heterocycles. The lowest BCUT2D eigenvalue weighted by Gasteiger charge is -2.04. The molecule has 3 N–H and O–H groups in total. The summed E-state index contributed by atoms with van der Waals surface area (Å²) in [5, 5.41) is 6.40. The van der Waals surface area contributed by atoms with Gasteiger partial charge in [0.1, 0.15) is 17.0 Å². The van der Waals surface area contributed by atoms with Crippen molar-refractivity contribution >= 4 is 27.4 Å². The van der Waals surface area contributed by atoms with E-state index in [0.717, 1.165) is 22.6 Å². The van der Waals surface area contributed by atoms with Crippen molar-refractivity contribution in [1.82, 2.24) is 9.97 Å². The van der Waals surface area contributed by atoms with Crippen molar-refractivity contribution < 1.29 is 0 Å². The molecule has 2 rings (SSSR count). The van der Waals surface area contributed by atoms with Gasteiger partial charge >= 0.3 is 0 Å². The Morgan fingerprint density at radius 2 is 2.36 bits per heavy atom. The first-order valence-corrected chi connectivity index (χ1v) is 5.33. The number of nitrogens with zero attached hydrogens (tertiary/aromatic N) is 2. The van der Waals surface area contributed by atoms with Gasteiger partial charge in [-0.25, -0.2) is 9.97 Å². The maximum atomic E-state index is 5.43. The van der Waals surface area contributed by atoms with Gasteiger partial charge in [0.15, 0.2) is 0 Å². The Bertz CT molecular complexity index is 437. The monoisotopic (exact) mass is 208 g/mol. The fraction of sp³-hybridized carbons (Fsp3) is 0.333. The Balaban J connectivity index is 2.46. The molecule has 0 saturated carbocycles. The third-order valence-electron chi connectivity index (χ3n) is 1.99. The number of aryl methyl sites for hydroxylation is 1. The normalized spacial score (nSPS) is 10.7. The summed E-state index contributed by atoms with van der Waals surface area (Å²) in [5.41, 5.74) is 6.64. The Kier molecular flexibility index (Phi) is 2.60. The Labute approximate surface area is 86.2 Å². The lowest BCUT2D eigenvalue weighted by molar-refractivity contribution is 1.01.